The molecule has 1 aromatic rings. The largest absolute Gasteiger partial charge is 0.573 e. The number of ether oxygens (including phenoxy) is 1. The molecule has 3 rings (SSSR count). The third-order valence-corrected chi connectivity index (χ3v) is 5.72. The summed E-state index contributed by atoms with van der Waals surface area (Å²) in [6, 6.07) is 2.44. The molecular weight excluding hydrogens is 420 g/mol. The highest BCUT2D eigenvalue weighted by molar-refractivity contribution is 6.54. The molecular formula is C19H22BF3N2O6. The van der Waals surface area contributed by atoms with Gasteiger partial charge < -0.3 is 18.9 Å². The molecule has 1 fully saturated rings. The molecule has 2 heterocycles. The predicted molar refractivity (Wildman–Crippen MR) is 104 cm³/mol. The minimum atomic E-state index is -5.00. The molecule has 12 heteroatoms. The molecule has 1 saturated heterocycles. The summed E-state index contributed by atoms with van der Waals surface area (Å²) in [4.78, 5) is 24.6. The Morgan fingerprint density at radius 1 is 1.23 bits per heavy atom. The molecule has 8 nitrogen and oxygen atoms in total. The van der Waals surface area contributed by atoms with Crippen LogP contribution in [0.4, 0.5) is 18.9 Å². The average molecular weight is 442 g/mol. The van der Waals surface area contributed by atoms with Crippen LogP contribution in [0.5, 0.6) is 5.75 Å². The molecule has 0 atom stereocenters. The van der Waals surface area contributed by atoms with E-state index in [0.717, 1.165) is 17.6 Å². The molecule has 0 saturated carbocycles. The Morgan fingerprint density at radius 2 is 1.84 bits per heavy atom. The Labute approximate surface area is 177 Å². The average Bonchev–Trinajstić information content (AvgIpc) is 2.87. The monoisotopic (exact) mass is 442 g/mol. The number of hydrogen-bond acceptors (Lipinski definition) is 6. The molecule has 0 aromatic heterocycles. The number of nitro benzene ring substituents is 1. The highest BCUT2D eigenvalue weighted by atomic mass is 19.4. The second-order valence-corrected chi connectivity index (χ2v) is 8.35. The van der Waals surface area contributed by atoms with Gasteiger partial charge in [-0.1, -0.05) is 6.08 Å². The number of carbonyl (C=O) groups excluding carboxylic acids is 1. The molecule has 0 bridgehead atoms. The van der Waals surface area contributed by atoms with Crippen LogP contribution >= 0.6 is 0 Å². The smallest absolute Gasteiger partial charge is 0.406 e. The van der Waals surface area contributed by atoms with Gasteiger partial charge in [-0.25, -0.2) is 0 Å². The second kappa shape index (κ2) is 7.83. The van der Waals surface area contributed by atoms with Crippen molar-refractivity contribution in [2.45, 2.75) is 51.7 Å². The van der Waals surface area contributed by atoms with E-state index < -0.39 is 47.0 Å². The van der Waals surface area contributed by atoms with Crippen molar-refractivity contribution in [3.63, 3.8) is 0 Å². The lowest BCUT2D eigenvalue weighted by atomic mass is 9.74. The van der Waals surface area contributed by atoms with Crippen LogP contribution in [-0.4, -0.2) is 53.5 Å². The van der Waals surface area contributed by atoms with Crippen molar-refractivity contribution >= 4 is 18.7 Å². The Balaban J connectivity index is 1.75. The van der Waals surface area contributed by atoms with E-state index in [4.69, 9.17) is 9.31 Å². The normalized spacial score (nSPS) is 20.4. The van der Waals surface area contributed by atoms with E-state index in [2.05, 4.69) is 4.74 Å². The van der Waals surface area contributed by atoms with E-state index in [-0.39, 0.29) is 18.7 Å². The third-order valence-electron chi connectivity index (χ3n) is 5.72. The van der Waals surface area contributed by atoms with E-state index in [1.807, 2.05) is 27.7 Å². The SMILES string of the molecule is CC1(C)OB(C2=CCN(C(=O)c3ccc(OC(F)(F)F)cc3[N+](=O)[O-])CC2)OC1(C)C. The number of carbonyl (C=O) groups is 1. The summed E-state index contributed by atoms with van der Waals surface area (Å²) in [5.41, 5.74) is -1.22. The third kappa shape index (κ3) is 4.85. The fourth-order valence-electron chi connectivity index (χ4n) is 3.29. The maximum Gasteiger partial charge on any atom is 0.573 e. The van der Waals surface area contributed by atoms with Gasteiger partial charge in [-0.15, -0.1) is 13.2 Å². The summed E-state index contributed by atoms with van der Waals surface area (Å²) < 4.78 is 52.9. The molecule has 2 aliphatic heterocycles. The number of alkyl halides is 3. The first-order chi connectivity index (χ1) is 14.2. The highest BCUT2D eigenvalue weighted by Crippen LogP contribution is 2.39. The molecule has 2 aliphatic rings. The second-order valence-electron chi connectivity index (χ2n) is 8.35. The van der Waals surface area contributed by atoms with E-state index >= 15 is 0 Å². The fourth-order valence-corrected chi connectivity index (χ4v) is 3.29. The maximum atomic E-state index is 12.8. The van der Waals surface area contributed by atoms with Gasteiger partial charge in [0.15, 0.2) is 0 Å². The number of benzene rings is 1. The number of rotatable bonds is 4. The number of nitro groups is 1. The van der Waals surface area contributed by atoms with Crippen molar-refractivity contribution in [1.82, 2.24) is 4.90 Å². The predicted octanol–water partition coefficient (Wildman–Crippen LogP) is 3.90. The van der Waals surface area contributed by atoms with Crippen LogP contribution in [0.25, 0.3) is 0 Å². The van der Waals surface area contributed by atoms with Crippen LogP contribution in [0.1, 0.15) is 44.5 Å². The lowest BCUT2D eigenvalue weighted by molar-refractivity contribution is -0.385. The van der Waals surface area contributed by atoms with Crippen LogP contribution < -0.4 is 4.74 Å². The zero-order valence-electron chi connectivity index (χ0n) is 17.5. The van der Waals surface area contributed by atoms with Crippen LogP contribution in [0.3, 0.4) is 0 Å². The van der Waals surface area contributed by atoms with Crippen molar-refractivity contribution < 1.29 is 36.9 Å². The quantitative estimate of drug-likeness (QED) is 0.399. The van der Waals surface area contributed by atoms with E-state index in [0.29, 0.717) is 12.5 Å². The Morgan fingerprint density at radius 3 is 2.32 bits per heavy atom. The van der Waals surface area contributed by atoms with Gasteiger partial charge in [-0.05, 0) is 51.7 Å². The summed E-state index contributed by atoms with van der Waals surface area (Å²) >= 11 is 0. The summed E-state index contributed by atoms with van der Waals surface area (Å²) in [5.74, 6) is -1.42. The molecule has 0 spiro atoms. The maximum absolute atomic E-state index is 12.8. The van der Waals surface area contributed by atoms with Gasteiger partial charge in [0.05, 0.1) is 22.2 Å². The van der Waals surface area contributed by atoms with Gasteiger partial charge in [0.2, 0.25) is 0 Å². The molecule has 1 aromatic carbocycles. The minimum Gasteiger partial charge on any atom is -0.406 e. The number of nitrogens with zero attached hydrogens (tertiary/aromatic N) is 2. The van der Waals surface area contributed by atoms with Gasteiger partial charge in [-0.3, -0.25) is 14.9 Å². The van der Waals surface area contributed by atoms with E-state index in [9.17, 15) is 28.1 Å². The van der Waals surface area contributed by atoms with Crippen molar-refractivity contribution in [1.29, 1.82) is 0 Å². The van der Waals surface area contributed by atoms with Gasteiger partial charge in [-0.2, -0.15) is 0 Å². The number of hydrogen-bond donors (Lipinski definition) is 0. The lowest BCUT2D eigenvalue weighted by Gasteiger charge is -2.32. The minimum absolute atomic E-state index is 0.163. The van der Waals surface area contributed by atoms with Gasteiger partial charge >= 0.3 is 13.5 Å². The van der Waals surface area contributed by atoms with Crippen molar-refractivity contribution in [2.24, 2.45) is 0 Å². The standard InChI is InChI=1S/C19H22BF3N2O6/c1-17(2)18(3,4)31-20(30-17)12-7-9-24(10-8-12)16(26)14-6-5-13(29-19(21,22)23)11-15(14)25(27)28/h5-7,11H,8-10H2,1-4H3. The van der Waals surface area contributed by atoms with Gasteiger partial charge in [0.25, 0.3) is 11.6 Å². The zero-order chi connectivity index (χ0) is 23.2. The van der Waals surface area contributed by atoms with E-state index in [1.165, 1.54) is 4.90 Å². The van der Waals surface area contributed by atoms with Crippen LogP contribution in [-0.2, 0) is 9.31 Å². The number of amides is 1. The molecule has 0 radical (unpaired) electrons. The van der Waals surface area contributed by atoms with Crippen molar-refractivity contribution in [3.8, 4) is 5.75 Å². The van der Waals surface area contributed by atoms with Gasteiger partial charge in [0, 0.05) is 13.1 Å². The fraction of sp³-hybridized carbons (Fsp3) is 0.526. The molecule has 0 aliphatic carbocycles. The summed E-state index contributed by atoms with van der Waals surface area (Å²) in [6.45, 7) is 8.13. The van der Waals surface area contributed by atoms with E-state index in [1.54, 1.807) is 6.08 Å². The van der Waals surface area contributed by atoms with Gasteiger partial charge in [0.1, 0.15) is 11.3 Å². The first-order valence-electron chi connectivity index (χ1n) is 9.58. The first-order valence-corrected chi connectivity index (χ1v) is 9.58. The molecule has 0 N–H and O–H groups in total. The van der Waals surface area contributed by atoms with Crippen molar-refractivity contribution in [2.75, 3.05) is 13.1 Å². The topological polar surface area (TPSA) is 91.1 Å². The molecule has 1 amide bonds. The highest BCUT2D eigenvalue weighted by Gasteiger charge is 2.52. The summed E-state index contributed by atoms with van der Waals surface area (Å²) in [7, 11) is -0.546. The van der Waals surface area contributed by atoms with Crippen molar-refractivity contribution in [3.05, 3.63) is 45.4 Å². The molecule has 168 valence electrons. The van der Waals surface area contributed by atoms with Crippen LogP contribution in [0.15, 0.2) is 29.7 Å². The molecule has 31 heavy (non-hydrogen) atoms. The summed E-state index contributed by atoms with van der Waals surface area (Å²) in [5, 5.41) is 11.3. The first kappa shape index (κ1) is 23.1. The zero-order valence-corrected chi connectivity index (χ0v) is 17.5. The Kier molecular flexibility index (Phi) is 5.83. The van der Waals surface area contributed by atoms with Crippen LogP contribution in [0, 0.1) is 10.1 Å². The Bertz CT molecular complexity index is 916. The molecule has 0 unspecified atom stereocenters. The number of halogens is 3. The van der Waals surface area contributed by atoms with Crippen LogP contribution in [0.2, 0.25) is 0 Å². The Hall–Kier alpha value is -2.60. The summed E-state index contributed by atoms with van der Waals surface area (Å²) in [6.07, 6.45) is -2.79. The lowest BCUT2D eigenvalue weighted by Crippen LogP contribution is -2.41.